The van der Waals surface area contributed by atoms with Gasteiger partial charge in [-0.05, 0) is 6.92 Å². The number of aromatic nitrogens is 2. The Balaban J connectivity index is 0.00000128. The fourth-order valence-electron chi connectivity index (χ4n) is 1.48. The highest BCUT2D eigenvalue weighted by Gasteiger charge is 2.15. The largest absolute Gasteiger partial charge is 0.477 e. The number of hydrogen-bond donors (Lipinski definition) is 2. The molecular weight excluding hydrogens is 228 g/mol. The van der Waals surface area contributed by atoms with E-state index in [1.807, 2.05) is 30.3 Å². The number of halogens is 1. The van der Waals surface area contributed by atoms with Gasteiger partial charge in [0, 0.05) is 11.1 Å². The van der Waals surface area contributed by atoms with Crippen LogP contribution in [-0.2, 0) is 0 Å². The molecule has 4 nitrogen and oxygen atoms in total. The van der Waals surface area contributed by atoms with Crippen molar-refractivity contribution in [2.24, 2.45) is 0 Å². The van der Waals surface area contributed by atoms with E-state index in [4.69, 9.17) is 5.11 Å². The Morgan fingerprint density at radius 1 is 1.31 bits per heavy atom. The number of carbonyl (C=O) groups is 1. The van der Waals surface area contributed by atoms with Crippen LogP contribution in [0.1, 0.15) is 16.1 Å². The van der Waals surface area contributed by atoms with Gasteiger partial charge in [0.25, 0.3) is 0 Å². The van der Waals surface area contributed by atoms with Gasteiger partial charge in [-0.3, -0.25) is 5.10 Å². The Bertz CT molecular complexity index is 494. The quantitative estimate of drug-likeness (QED) is 0.845. The summed E-state index contributed by atoms with van der Waals surface area (Å²) in [5.74, 6) is -0.984. The molecule has 1 aromatic heterocycles. The second kappa shape index (κ2) is 4.81. The van der Waals surface area contributed by atoms with Crippen molar-refractivity contribution in [1.82, 2.24) is 10.2 Å². The second-order valence-electron chi connectivity index (χ2n) is 3.24. The molecule has 0 saturated heterocycles. The average molecular weight is 239 g/mol. The molecule has 0 saturated carbocycles. The van der Waals surface area contributed by atoms with E-state index in [1.165, 1.54) is 0 Å². The highest BCUT2D eigenvalue weighted by atomic mass is 35.5. The van der Waals surface area contributed by atoms with E-state index in [0.717, 1.165) is 5.56 Å². The third-order valence-corrected chi connectivity index (χ3v) is 2.27. The normalized spacial score (nSPS) is 9.56. The molecule has 84 valence electrons. The van der Waals surface area contributed by atoms with Gasteiger partial charge in [0.2, 0.25) is 0 Å². The average Bonchev–Trinajstić information content (AvgIpc) is 2.61. The zero-order chi connectivity index (χ0) is 10.8. The van der Waals surface area contributed by atoms with Crippen LogP contribution in [0.3, 0.4) is 0 Å². The molecule has 0 spiro atoms. The van der Waals surface area contributed by atoms with Crippen LogP contribution < -0.4 is 0 Å². The van der Waals surface area contributed by atoms with Crippen LogP contribution >= 0.6 is 12.4 Å². The Labute approximate surface area is 98.7 Å². The van der Waals surface area contributed by atoms with Gasteiger partial charge in [0.1, 0.15) is 5.69 Å². The number of hydrogen-bond acceptors (Lipinski definition) is 2. The van der Waals surface area contributed by atoms with Crippen molar-refractivity contribution >= 4 is 18.4 Å². The highest BCUT2D eigenvalue weighted by Crippen LogP contribution is 2.22. The van der Waals surface area contributed by atoms with Crippen molar-refractivity contribution in [2.75, 3.05) is 0 Å². The summed E-state index contributed by atoms with van der Waals surface area (Å²) >= 11 is 0. The minimum Gasteiger partial charge on any atom is -0.477 e. The van der Waals surface area contributed by atoms with Crippen molar-refractivity contribution in [2.45, 2.75) is 6.92 Å². The Hall–Kier alpha value is -1.81. The van der Waals surface area contributed by atoms with E-state index >= 15 is 0 Å². The molecule has 2 aromatic rings. The third kappa shape index (κ3) is 2.06. The summed E-state index contributed by atoms with van der Waals surface area (Å²) in [5.41, 5.74) is 2.41. The number of carboxylic acid groups (broad SMARTS) is 1. The van der Waals surface area contributed by atoms with E-state index in [0.29, 0.717) is 11.3 Å². The number of benzene rings is 1. The summed E-state index contributed by atoms with van der Waals surface area (Å²) in [7, 11) is 0. The van der Waals surface area contributed by atoms with Crippen molar-refractivity contribution in [1.29, 1.82) is 0 Å². The maximum absolute atomic E-state index is 10.8. The first kappa shape index (κ1) is 12.3. The first-order valence-corrected chi connectivity index (χ1v) is 4.54. The summed E-state index contributed by atoms with van der Waals surface area (Å²) in [6, 6.07) is 9.49. The van der Waals surface area contributed by atoms with Gasteiger partial charge in [0.05, 0.1) is 5.69 Å². The van der Waals surface area contributed by atoms with Crippen molar-refractivity contribution in [3.8, 4) is 11.3 Å². The summed E-state index contributed by atoms with van der Waals surface area (Å²) in [4.78, 5) is 10.8. The third-order valence-electron chi connectivity index (χ3n) is 2.27. The monoisotopic (exact) mass is 238 g/mol. The molecule has 0 fully saturated rings. The minimum absolute atomic E-state index is 0. The first-order chi connectivity index (χ1) is 7.20. The van der Waals surface area contributed by atoms with Gasteiger partial charge >= 0.3 is 5.97 Å². The molecule has 0 atom stereocenters. The van der Waals surface area contributed by atoms with Crippen LogP contribution in [0.25, 0.3) is 11.3 Å². The number of aromatic carboxylic acids is 1. The van der Waals surface area contributed by atoms with Crippen LogP contribution in [0.2, 0.25) is 0 Å². The van der Waals surface area contributed by atoms with E-state index in [1.54, 1.807) is 6.92 Å². The lowest BCUT2D eigenvalue weighted by Crippen LogP contribution is -1.98. The molecular formula is C11H11ClN2O2. The van der Waals surface area contributed by atoms with Crippen LogP contribution in [-0.4, -0.2) is 21.3 Å². The molecule has 5 heteroatoms. The predicted molar refractivity (Wildman–Crippen MR) is 63.0 cm³/mol. The molecule has 0 aliphatic heterocycles. The molecule has 0 aliphatic rings. The molecule has 0 bridgehead atoms. The summed E-state index contributed by atoms with van der Waals surface area (Å²) in [6.07, 6.45) is 0. The van der Waals surface area contributed by atoms with Gasteiger partial charge in [-0.2, -0.15) is 5.10 Å². The van der Waals surface area contributed by atoms with E-state index in [-0.39, 0.29) is 18.1 Å². The number of nitrogens with zero attached hydrogens (tertiary/aromatic N) is 1. The van der Waals surface area contributed by atoms with Crippen molar-refractivity contribution in [3.63, 3.8) is 0 Å². The Kier molecular flexibility index (Phi) is 3.68. The van der Waals surface area contributed by atoms with Crippen molar-refractivity contribution in [3.05, 3.63) is 41.6 Å². The highest BCUT2D eigenvalue weighted by molar-refractivity contribution is 5.89. The van der Waals surface area contributed by atoms with Crippen LogP contribution in [0.15, 0.2) is 30.3 Å². The lowest BCUT2D eigenvalue weighted by Gasteiger charge is -1.97. The Morgan fingerprint density at radius 3 is 2.44 bits per heavy atom. The molecule has 2 rings (SSSR count). The van der Waals surface area contributed by atoms with Crippen LogP contribution in [0.5, 0.6) is 0 Å². The standard InChI is InChI=1S/C11H10N2O2.ClH/c1-7-9(8-5-3-2-4-6-8)12-13-10(7)11(14)15;/h2-6H,1H3,(H,12,13)(H,14,15);1H. The SMILES string of the molecule is Cc1c(-c2ccccc2)n[nH]c1C(=O)O.Cl. The summed E-state index contributed by atoms with van der Waals surface area (Å²) in [6.45, 7) is 1.75. The van der Waals surface area contributed by atoms with E-state index < -0.39 is 5.97 Å². The summed E-state index contributed by atoms with van der Waals surface area (Å²) in [5, 5.41) is 15.4. The van der Waals surface area contributed by atoms with Gasteiger partial charge in [-0.15, -0.1) is 12.4 Å². The first-order valence-electron chi connectivity index (χ1n) is 4.54. The number of carboxylic acids is 1. The Morgan fingerprint density at radius 2 is 1.94 bits per heavy atom. The smallest absolute Gasteiger partial charge is 0.354 e. The van der Waals surface area contributed by atoms with Crippen LogP contribution in [0.4, 0.5) is 0 Å². The van der Waals surface area contributed by atoms with Crippen LogP contribution in [0, 0.1) is 6.92 Å². The van der Waals surface area contributed by atoms with Gasteiger partial charge in [-0.1, -0.05) is 30.3 Å². The number of nitrogens with one attached hydrogen (secondary N) is 1. The van der Waals surface area contributed by atoms with Gasteiger partial charge in [0.15, 0.2) is 0 Å². The molecule has 0 unspecified atom stereocenters. The molecule has 1 heterocycles. The second-order valence-corrected chi connectivity index (χ2v) is 3.24. The number of aromatic amines is 1. The number of rotatable bonds is 2. The van der Waals surface area contributed by atoms with Gasteiger partial charge < -0.3 is 5.11 Å². The van der Waals surface area contributed by atoms with Crippen molar-refractivity contribution < 1.29 is 9.90 Å². The van der Waals surface area contributed by atoms with E-state index in [9.17, 15) is 4.79 Å². The lowest BCUT2D eigenvalue weighted by atomic mass is 10.1. The number of H-pyrrole nitrogens is 1. The molecule has 2 N–H and O–H groups in total. The minimum atomic E-state index is -0.984. The maximum Gasteiger partial charge on any atom is 0.354 e. The summed E-state index contributed by atoms with van der Waals surface area (Å²) < 4.78 is 0. The topological polar surface area (TPSA) is 66.0 Å². The molecule has 16 heavy (non-hydrogen) atoms. The van der Waals surface area contributed by atoms with E-state index in [2.05, 4.69) is 10.2 Å². The zero-order valence-corrected chi connectivity index (χ0v) is 9.41. The zero-order valence-electron chi connectivity index (χ0n) is 8.60. The lowest BCUT2D eigenvalue weighted by molar-refractivity contribution is 0.0689. The fourth-order valence-corrected chi connectivity index (χ4v) is 1.48. The molecule has 0 aliphatic carbocycles. The van der Waals surface area contributed by atoms with Gasteiger partial charge in [-0.25, -0.2) is 4.79 Å². The fraction of sp³-hybridized carbons (Fsp3) is 0.0909. The molecule has 0 amide bonds. The molecule has 1 aromatic carbocycles. The maximum atomic E-state index is 10.8. The predicted octanol–water partition coefficient (Wildman–Crippen LogP) is 2.51. The molecule has 0 radical (unpaired) electrons.